The van der Waals surface area contributed by atoms with E-state index in [2.05, 4.69) is 14.7 Å². The molecule has 4 N–H and O–H groups in total. The third kappa shape index (κ3) is 4.11. The Hall–Kier alpha value is -2.63. The molecule has 10 heteroatoms. The lowest BCUT2D eigenvalue weighted by Gasteiger charge is -2.39. The average Bonchev–Trinajstić information content (AvgIpc) is 2.74. The maximum atomic E-state index is 11.4. The first-order valence-corrected chi connectivity index (χ1v) is 8.42. The van der Waals surface area contributed by atoms with Crippen LogP contribution in [0.5, 0.6) is 5.75 Å². The summed E-state index contributed by atoms with van der Waals surface area (Å²) in [5, 5.41) is 38.8. The topological polar surface area (TPSA) is 151 Å². The molecule has 0 aliphatic carbocycles. The Morgan fingerprint density at radius 1 is 1.04 bits per heavy atom. The minimum Gasteiger partial charge on any atom is -0.463 e. The first-order chi connectivity index (χ1) is 13.4. The van der Waals surface area contributed by atoms with Gasteiger partial charge in [-0.05, 0) is 17.7 Å². The maximum Gasteiger partial charge on any atom is 0.376 e. The zero-order chi connectivity index (χ0) is 20.3. The Kier molecular flexibility index (Phi) is 6.17. The summed E-state index contributed by atoms with van der Waals surface area (Å²) in [4.78, 5) is 19.2. The standard InChI is InChI=1S/C18H20N2O8/c1-26-17(25)16-19-6-10(7-20-16)9-2-4-11(5-3-9)27-18-15(24)14(23)13(22)12(8-21)28-18/h2-7,12-15,18,21-24H,8H2,1H3/t12-,13-,14+,15+,18-/m1/s1. The Balaban J connectivity index is 1.70. The second kappa shape index (κ2) is 8.59. The fourth-order valence-electron chi connectivity index (χ4n) is 2.70. The first kappa shape index (κ1) is 20.1. The summed E-state index contributed by atoms with van der Waals surface area (Å²) >= 11 is 0. The molecule has 0 radical (unpaired) electrons. The van der Waals surface area contributed by atoms with Crippen LogP contribution in [-0.4, -0.2) is 80.8 Å². The first-order valence-electron chi connectivity index (χ1n) is 8.42. The van der Waals surface area contributed by atoms with Crippen LogP contribution in [0.4, 0.5) is 0 Å². The van der Waals surface area contributed by atoms with Gasteiger partial charge in [-0.3, -0.25) is 0 Å². The number of esters is 1. The SMILES string of the molecule is COC(=O)c1ncc(-c2ccc(O[C@@H]3O[C@H](CO)[C@@H](O)[C@H](O)[C@@H]3O)cc2)cn1. The fourth-order valence-corrected chi connectivity index (χ4v) is 2.70. The second-order valence-corrected chi connectivity index (χ2v) is 6.13. The minimum atomic E-state index is -1.51. The lowest BCUT2D eigenvalue weighted by molar-refractivity contribution is -0.277. The van der Waals surface area contributed by atoms with Gasteiger partial charge in [0.25, 0.3) is 0 Å². The van der Waals surface area contributed by atoms with Crippen LogP contribution >= 0.6 is 0 Å². The number of rotatable bonds is 5. The predicted octanol–water partition coefficient (Wildman–Crippen LogP) is -0.891. The van der Waals surface area contributed by atoms with E-state index in [9.17, 15) is 25.2 Å². The van der Waals surface area contributed by atoms with E-state index in [0.717, 1.165) is 5.56 Å². The molecule has 0 amide bonds. The molecule has 0 saturated carbocycles. The lowest BCUT2D eigenvalue weighted by atomic mass is 9.99. The molecule has 1 aliphatic heterocycles. The molecule has 5 atom stereocenters. The summed E-state index contributed by atoms with van der Waals surface area (Å²) in [6, 6.07) is 6.61. The summed E-state index contributed by atoms with van der Waals surface area (Å²) in [6.45, 7) is -0.536. The third-order valence-electron chi connectivity index (χ3n) is 4.31. The van der Waals surface area contributed by atoms with E-state index in [-0.39, 0.29) is 5.82 Å². The predicted molar refractivity (Wildman–Crippen MR) is 93.2 cm³/mol. The number of methoxy groups -OCH3 is 1. The van der Waals surface area contributed by atoms with Gasteiger partial charge in [-0.25, -0.2) is 14.8 Å². The number of hydrogen-bond acceptors (Lipinski definition) is 10. The largest absolute Gasteiger partial charge is 0.463 e. The van der Waals surface area contributed by atoms with Gasteiger partial charge in [0.2, 0.25) is 12.1 Å². The Morgan fingerprint density at radius 3 is 2.25 bits per heavy atom. The average molecular weight is 392 g/mol. The molecule has 1 fully saturated rings. The Labute approximate surface area is 160 Å². The van der Waals surface area contributed by atoms with Crippen molar-refractivity contribution in [2.24, 2.45) is 0 Å². The highest BCUT2D eigenvalue weighted by Crippen LogP contribution is 2.26. The van der Waals surface area contributed by atoms with E-state index < -0.39 is 43.3 Å². The molecule has 1 aromatic heterocycles. The van der Waals surface area contributed by atoms with Crippen molar-refractivity contribution >= 4 is 5.97 Å². The van der Waals surface area contributed by atoms with Crippen molar-refractivity contribution in [3.63, 3.8) is 0 Å². The molecular formula is C18H20N2O8. The molecule has 2 heterocycles. The summed E-state index contributed by atoms with van der Waals surface area (Å²) in [6.07, 6.45) is -3.80. The van der Waals surface area contributed by atoms with E-state index in [1.807, 2.05) is 0 Å². The van der Waals surface area contributed by atoms with Crippen LogP contribution in [-0.2, 0) is 9.47 Å². The highest BCUT2D eigenvalue weighted by Gasteiger charge is 2.44. The summed E-state index contributed by atoms with van der Waals surface area (Å²) in [5.41, 5.74) is 1.41. The van der Waals surface area contributed by atoms with Crippen LogP contribution in [0.2, 0.25) is 0 Å². The number of ether oxygens (including phenoxy) is 3. The zero-order valence-corrected chi connectivity index (χ0v) is 14.9. The second-order valence-electron chi connectivity index (χ2n) is 6.13. The maximum absolute atomic E-state index is 11.4. The number of aliphatic hydroxyl groups excluding tert-OH is 4. The summed E-state index contributed by atoms with van der Waals surface area (Å²) < 4.78 is 15.4. The van der Waals surface area contributed by atoms with E-state index in [4.69, 9.17) is 9.47 Å². The van der Waals surface area contributed by atoms with Crippen molar-refractivity contribution in [3.8, 4) is 16.9 Å². The van der Waals surface area contributed by atoms with Crippen LogP contribution in [0.25, 0.3) is 11.1 Å². The van der Waals surface area contributed by atoms with Crippen molar-refractivity contribution in [3.05, 3.63) is 42.5 Å². The number of hydrogen-bond donors (Lipinski definition) is 4. The highest BCUT2D eigenvalue weighted by atomic mass is 16.7. The van der Waals surface area contributed by atoms with Crippen molar-refractivity contribution in [1.29, 1.82) is 0 Å². The van der Waals surface area contributed by atoms with Crippen LogP contribution in [0.1, 0.15) is 10.6 Å². The number of carbonyl (C=O) groups is 1. The molecule has 0 spiro atoms. The van der Waals surface area contributed by atoms with E-state index in [1.54, 1.807) is 24.3 Å². The van der Waals surface area contributed by atoms with Gasteiger partial charge in [0.05, 0.1) is 13.7 Å². The van der Waals surface area contributed by atoms with Gasteiger partial charge < -0.3 is 34.6 Å². The summed E-state index contributed by atoms with van der Waals surface area (Å²) in [5.74, 6) is -0.344. The van der Waals surface area contributed by atoms with Crippen molar-refractivity contribution < 1.29 is 39.4 Å². The van der Waals surface area contributed by atoms with E-state index >= 15 is 0 Å². The molecule has 1 saturated heterocycles. The third-order valence-corrected chi connectivity index (χ3v) is 4.31. The van der Waals surface area contributed by atoms with E-state index in [0.29, 0.717) is 11.3 Å². The van der Waals surface area contributed by atoms with Crippen molar-refractivity contribution in [1.82, 2.24) is 9.97 Å². The molecule has 28 heavy (non-hydrogen) atoms. The number of aromatic nitrogens is 2. The van der Waals surface area contributed by atoms with E-state index in [1.165, 1.54) is 19.5 Å². The van der Waals surface area contributed by atoms with Gasteiger partial charge >= 0.3 is 5.97 Å². The number of aliphatic hydroxyl groups is 4. The van der Waals surface area contributed by atoms with Gasteiger partial charge in [-0.15, -0.1) is 0 Å². The number of carbonyl (C=O) groups excluding carboxylic acids is 1. The van der Waals surface area contributed by atoms with Gasteiger partial charge in [0.1, 0.15) is 30.2 Å². The quantitative estimate of drug-likeness (QED) is 0.472. The van der Waals surface area contributed by atoms with Crippen LogP contribution in [0.15, 0.2) is 36.7 Å². The highest BCUT2D eigenvalue weighted by molar-refractivity contribution is 5.85. The minimum absolute atomic E-state index is 0.0474. The lowest BCUT2D eigenvalue weighted by Crippen LogP contribution is -2.60. The molecule has 1 aliphatic rings. The van der Waals surface area contributed by atoms with Gasteiger partial charge in [0, 0.05) is 18.0 Å². The van der Waals surface area contributed by atoms with Gasteiger partial charge in [-0.2, -0.15) is 0 Å². The molecule has 0 unspecified atom stereocenters. The summed E-state index contributed by atoms with van der Waals surface area (Å²) in [7, 11) is 1.24. The number of benzene rings is 1. The molecule has 0 bridgehead atoms. The Bertz CT molecular complexity index is 796. The molecule has 2 aromatic rings. The van der Waals surface area contributed by atoms with Gasteiger partial charge in [0.15, 0.2) is 0 Å². The van der Waals surface area contributed by atoms with Crippen LogP contribution in [0, 0.1) is 0 Å². The smallest absolute Gasteiger partial charge is 0.376 e. The zero-order valence-electron chi connectivity index (χ0n) is 14.9. The number of nitrogens with zero attached hydrogens (tertiary/aromatic N) is 2. The van der Waals surface area contributed by atoms with Crippen LogP contribution in [0.3, 0.4) is 0 Å². The monoisotopic (exact) mass is 392 g/mol. The molecular weight excluding hydrogens is 372 g/mol. The van der Waals surface area contributed by atoms with Gasteiger partial charge in [-0.1, -0.05) is 12.1 Å². The van der Waals surface area contributed by atoms with Crippen molar-refractivity contribution in [2.75, 3.05) is 13.7 Å². The Morgan fingerprint density at radius 2 is 1.68 bits per heavy atom. The molecule has 150 valence electrons. The fraction of sp³-hybridized carbons (Fsp3) is 0.389. The molecule has 10 nitrogen and oxygen atoms in total. The van der Waals surface area contributed by atoms with Crippen molar-refractivity contribution in [2.45, 2.75) is 30.7 Å². The normalized spacial score (nSPS) is 27.2. The molecule has 1 aromatic carbocycles. The van der Waals surface area contributed by atoms with Crippen LogP contribution < -0.4 is 4.74 Å². The molecule has 3 rings (SSSR count).